The number of methoxy groups -OCH3 is 1. The Balaban J connectivity index is 2.78. The van der Waals surface area contributed by atoms with Crippen molar-refractivity contribution in [3.05, 3.63) is 29.8 Å². The molecule has 0 spiro atoms. The Morgan fingerprint density at radius 2 is 1.89 bits per heavy atom. The van der Waals surface area contributed by atoms with E-state index in [9.17, 15) is 18.0 Å². The third kappa shape index (κ3) is 3.44. The van der Waals surface area contributed by atoms with Crippen molar-refractivity contribution in [2.45, 2.75) is 12.4 Å². The fourth-order valence-electron chi connectivity index (χ4n) is 1.06. The molecule has 0 amide bonds. The minimum absolute atomic E-state index is 0.0892. The lowest BCUT2D eigenvalue weighted by molar-refractivity contribution is -0.204. The van der Waals surface area contributed by atoms with Crippen LogP contribution in [0.4, 0.5) is 13.2 Å². The highest BCUT2D eigenvalue weighted by atomic mass is 19.4. The van der Waals surface area contributed by atoms with Crippen LogP contribution in [0.2, 0.25) is 0 Å². The van der Waals surface area contributed by atoms with E-state index < -0.39 is 18.4 Å². The molecule has 0 aliphatic rings. The number of carbonyl (C=O) groups is 1. The first-order chi connectivity index (χ1) is 8.38. The summed E-state index contributed by atoms with van der Waals surface area (Å²) in [4.78, 5) is 11.4. The van der Waals surface area contributed by atoms with Crippen LogP contribution in [0.1, 0.15) is 10.4 Å². The molecule has 0 aliphatic carbocycles. The summed E-state index contributed by atoms with van der Waals surface area (Å²) in [5, 5.41) is 2.22. The number of rotatable bonds is 4. The third-order valence-corrected chi connectivity index (χ3v) is 1.94. The molecule has 18 heavy (non-hydrogen) atoms. The molecule has 0 aliphatic heterocycles. The normalized spacial score (nSPS) is 12.7. The van der Waals surface area contributed by atoms with Crippen LogP contribution < -0.4 is 4.74 Å². The monoisotopic (exact) mass is 262 g/mol. The van der Waals surface area contributed by atoms with Gasteiger partial charge in [0.1, 0.15) is 5.75 Å². The number of nitrogens with one attached hydrogen (secondary N) is 1. The summed E-state index contributed by atoms with van der Waals surface area (Å²) in [6.07, 6.45) is -7.68. The summed E-state index contributed by atoms with van der Waals surface area (Å²) < 4.78 is 45.5. The smallest absolute Gasteiger partial charge is 0.449 e. The van der Waals surface area contributed by atoms with Crippen molar-refractivity contribution >= 4 is 5.97 Å². The van der Waals surface area contributed by atoms with Crippen molar-refractivity contribution in [3.8, 4) is 5.75 Å². The minimum atomic E-state index is -4.90. The Bertz CT molecular complexity index is 431. The quantitative estimate of drug-likeness (QED) is 0.669. The van der Waals surface area contributed by atoms with Crippen molar-refractivity contribution < 1.29 is 27.4 Å². The van der Waals surface area contributed by atoms with Crippen LogP contribution in [0.5, 0.6) is 5.75 Å². The highest BCUT2D eigenvalue weighted by Gasteiger charge is 2.43. The van der Waals surface area contributed by atoms with E-state index >= 15 is 0 Å². The average Bonchev–Trinajstić information content (AvgIpc) is 2.34. The summed E-state index contributed by atoms with van der Waals surface area (Å²) in [5.41, 5.74) is 6.25. The number of nitrogens with zero attached hydrogens (tertiary/aromatic N) is 1. The van der Waals surface area contributed by atoms with E-state index in [2.05, 4.69) is 9.85 Å². The van der Waals surface area contributed by atoms with E-state index in [0.29, 0.717) is 5.75 Å². The second-order valence-corrected chi connectivity index (χ2v) is 3.16. The van der Waals surface area contributed by atoms with Crippen LogP contribution in [0.3, 0.4) is 0 Å². The van der Waals surface area contributed by atoms with Gasteiger partial charge in [0, 0.05) is 0 Å². The lowest BCUT2D eigenvalue weighted by Gasteiger charge is -2.15. The molecule has 8 heteroatoms. The second kappa shape index (κ2) is 5.48. The van der Waals surface area contributed by atoms with Gasteiger partial charge in [0.05, 0.1) is 12.7 Å². The lowest BCUT2D eigenvalue weighted by Crippen LogP contribution is -2.31. The van der Waals surface area contributed by atoms with E-state index in [1.807, 2.05) is 0 Å². The number of benzene rings is 1. The molecular weight excluding hydrogens is 253 g/mol. The Kier molecular flexibility index (Phi) is 4.24. The zero-order valence-corrected chi connectivity index (χ0v) is 9.19. The predicted octanol–water partition coefficient (Wildman–Crippen LogP) is 2.77. The first-order valence-corrected chi connectivity index (χ1v) is 4.67. The van der Waals surface area contributed by atoms with Crippen LogP contribution in [0.25, 0.3) is 0 Å². The topological polar surface area (TPSA) is 71.7 Å². The summed E-state index contributed by atoms with van der Waals surface area (Å²) in [7, 11) is 1.41. The van der Waals surface area contributed by atoms with Gasteiger partial charge in [-0.15, -0.1) is 5.11 Å². The lowest BCUT2D eigenvalue weighted by atomic mass is 10.2. The van der Waals surface area contributed by atoms with Crippen molar-refractivity contribution in [1.29, 1.82) is 5.53 Å². The number of halogens is 3. The van der Waals surface area contributed by atoms with E-state index in [0.717, 1.165) is 0 Å². The molecule has 0 bridgehead atoms. The van der Waals surface area contributed by atoms with Crippen LogP contribution in [0, 0.1) is 5.53 Å². The van der Waals surface area contributed by atoms with E-state index in [1.54, 1.807) is 0 Å². The molecule has 0 saturated carbocycles. The first kappa shape index (κ1) is 13.9. The van der Waals surface area contributed by atoms with Gasteiger partial charge in [-0.05, 0) is 24.3 Å². The highest BCUT2D eigenvalue weighted by molar-refractivity contribution is 5.89. The molecule has 0 radical (unpaired) electrons. The van der Waals surface area contributed by atoms with Crippen LogP contribution in [-0.2, 0) is 4.74 Å². The third-order valence-electron chi connectivity index (χ3n) is 1.94. The number of ether oxygens (including phenoxy) is 2. The summed E-state index contributed by atoms with van der Waals surface area (Å²) in [6, 6.07) is 5.30. The van der Waals surface area contributed by atoms with Gasteiger partial charge in [-0.25, -0.2) is 10.3 Å². The van der Waals surface area contributed by atoms with Gasteiger partial charge >= 0.3 is 18.4 Å². The van der Waals surface area contributed by atoms with Gasteiger partial charge in [0.2, 0.25) is 0 Å². The molecule has 1 N–H and O–H groups in total. The van der Waals surface area contributed by atoms with Gasteiger partial charge < -0.3 is 9.47 Å². The van der Waals surface area contributed by atoms with E-state index in [-0.39, 0.29) is 5.56 Å². The second-order valence-electron chi connectivity index (χ2n) is 3.16. The molecule has 1 aromatic rings. The van der Waals surface area contributed by atoms with Crippen LogP contribution in [0.15, 0.2) is 29.4 Å². The Morgan fingerprint density at radius 3 is 2.28 bits per heavy atom. The van der Waals surface area contributed by atoms with Crippen LogP contribution >= 0.6 is 0 Å². The number of alkyl halides is 3. The zero-order valence-electron chi connectivity index (χ0n) is 9.19. The average molecular weight is 262 g/mol. The maximum Gasteiger partial charge on any atom is 0.449 e. The Morgan fingerprint density at radius 1 is 1.33 bits per heavy atom. The molecule has 5 nitrogen and oxygen atoms in total. The number of carbonyl (C=O) groups excluding carboxylic acids is 1. The predicted molar refractivity (Wildman–Crippen MR) is 53.4 cm³/mol. The number of esters is 1. The summed E-state index contributed by atoms with van der Waals surface area (Å²) in [5.74, 6) is -0.764. The molecule has 0 fully saturated rings. The van der Waals surface area contributed by atoms with Gasteiger partial charge in [-0.2, -0.15) is 13.2 Å². The fraction of sp³-hybridized carbons (Fsp3) is 0.300. The van der Waals surface area contributed by atoms with Gasteiger partial charge in [-0.3, -0.25) is 0 Å². The van der Waals surface area contributed by atoms with Crippen molar-refractivity contribution in [2.75, 3.05) is 7.11 Å². The molecule has 1 rings (SSSR count). The number of hydrogen-bond donors (Lipinski definition) is 1. The maximum atomic E-state index is 12.2. The fourth-order valence-corrected chi connectivity index (χ4v) is 1.06. The van der Waals surface area contributed by atoms with Gasteiger partial charge in [-0.1, -0.05) is 0 Å². The Hall–Kier alpha value is -2.12. The largest absolute Gasteiger partial charge is 0.497 e. The van der Waals surface area contributed by atoms with E-state index in [4.69, 9.17) is 10.3 Å². The van der Waals surface area contributed by atoms with Crippen molar-refractivity contribution in [3.63, 3.8) is 0 Å². The Labute approximate surface area is 100 Å². The van der Waals surface area contributed by atoms with Crippen molar-refractivity contribution in [1.82, 2.24) is 0 Å². The van der Waals surface area contributed by atoms with Gasteiger partial charge in [0.25, 0.3) is 0 Å². The molecule has 98 valence electrons. The maximum absolute atomic E-state index is 12.2. The van der Waals surface area contributed by atoms with Crippen LogP contribution in [-0.4, -0.2) is 25.5 Å². The summed E-state index contributed by atoms with van der Waals surface area (Å²) >= 11 is 0. The molecule has 1 aromatic carbocycles. The summed E-state index contributed by atoms with van der Waals surface area (Å²) in [6.45, 7) is 0. The SMILES string of the molecule is COc1ccc(C(=O)OC(N=N)C(F)(F)F)cc1. The molecule has 1 atom stereocenters. The standard InChI is InChI=1S/C10H9F3N2O3/c1-17-7-4-2-6(3-5-7)8(16)18-9(15-14)10(11,12)13/h2-5,9,14H,1H3. The first-order valence-electron chi connectivity index (χ1n) is 4.67. The van der Waals surface area contributed by atoms with E-state index in [1.165, 1.54) is 31.4 Å². The van der Waals surface area contributed by atoms with Crippen molar-refractivity contribution in [2.24, 2.45) is 5.11 Å². The minimum Gasteiger partial charge on any atom is -0.497 e. The molecular formula is C10H9F3N2O3. The number of hydrogen-bond acceptors (Lipinski definition) is 5. The molecule has 1 unspecified atom stereocenters. The highest BCUT2D eigenvalue weighted by Crippen LogP contribution is 2.24. The molecule has 0 heterocycles. The zero-order chi connectivity index (χ0) is 13.8. The van der Waals surface area contributed by atoms with Gasteiger partial charge in [0.15, 0.2) is 0 Å². The molecule has 0 saturated heterocycles. The molecule has 0 aromatic heterocycles.